The first kappa shape index (κ1) is 17.5. The van der Waals surface area contributed by atoms with Crippen molar-refractivity contribution in [1.82, 2.24) is 10.2 Å². The molecule has 20 heavy (non-hydrogen) atoms. The summed E-state index contributed by atoms with van der Waals surface area (Å²) in [5.41, 5.74) is 2.67. The largest absolute Gasteiger partial charge is 0.368 e. The average Bonchev–Trinajstić information content (AvgIpc) is 2.38. The Balaban J connectivity index is 3.15. The van der Waals surface area contributed by atoms with Crippen LogP contribution in [0, 0.1) is 0 Å². The Morgan fingerprint density at radius 1 is 1.25 bits per heavy atom. The first-order valence-electron chi connectivity index (χ1n) is 7.28. The van der Waals surface area contributed by atoms with E-state index in [9.17, 15) is 0 Å². The van der Waals surface area contributed by atoms with E-state index < -0.39 is 0 Å². The van der Waals surface area contributed by atoms with Crippen molar-refractivity contribution in [3.63, 3.8) is 0 Å². The standard InChI is InChI=1S/C16H28BrN3/c1-7-20(12(2)11-19(5)6)16-10-14(17)8-9-15(16)13(3)18-4/h8-10,12-13,18H,7,11H2,1-6H3. The van der Waals surface area contributed by atoms with Gasteiger partial charge in [0.15, 0.2) is 0 Å². The number of hydrogen-bond acceptors (Lipinski definition) is 3. The third-order valence-electron chi connectivity index (χ3n) is 3.70. The molecule has 1 aromatic rings. The lowest BCUT2D eigenvalue weighted by molar-refractivity contribution is 0.372. The second-order valence-corrected chi connectivity index (χ2v) is 6.53. The Bertz CT molecular complexity index is 420. The predicted octanol–water partition coefficient (Wildman–Crippen LogP) is 3.51. The van der Waals surface area contributed by atoms with Gasteiger partial charge in [0.05, 0.1) is 0 Å². The Kier molecular flexibility index (Phi) is 7.00. The summed E-state index contributed by atoms with van der Waals surface area (Å²) in [7, 11) is 6.26. The van der Waals surface area contributed by atoms with Crippen LogP contribution in [0.15, 0.2) is 22.7 Å². The third kappa shape index (κ3) is 4.47. The van der Waals surface area contributed by atoms with E-state index in [1.807, 2.05) is 7.05 Å². The highest BCUT2D eigenvalue weighted by Gasteiger charge is 2.19. The molecule has 0 aliphatic heterocycles. The van der Waals surface area contributed by atoms with E-state index in [1.165, 1.54) is 11.3 Å². The summed E-state index contributed by atoms with van der Waals surface area (Å²) in [5, 5.41) is 3.35. The summed E-state index contributed by atoms with van der Waals surface area (Å²) in [6.07, 6.45) is 0. The number of hydrogen-bond donors (Lipinski definition) is 1. The van der Waals surface area contributed by atoms with Gasteiger partial charge in [-0.25, -0.2) is 0 Å². The van der Waals surface area contributed by atoms with Gasteiger partial charge >= 0.3 is 0 Å². The van der Waals surface area contributed by atoms with Crippen LogP contribution in [-0.2, 0) is 0 Å². The highest BCUT2D eigenvalue weighted by Crippen LogP contribution is 2.31. The Morgan fingerprint density at radius 3 is 2.40 bits per heavy atom. The zero-order valence-corrected chi connectivity index (χ0v) is 15.2. The van der Waals surface area contributed by atoms with Crippen LogP contribution in [-0.4, -0.2) is 45.2 Å². The molecule has 0 aliphatic rings. The smallest absolute Gasteiger partial charge is 0.0428 e. The van der Waals surface area contributed by atoms with Crippen LogP contribution in [0.5, 0.6) is 0 Å². The quantitative estimate of drug-likeness (QED) is 0.818. The molecule has 1 aromatic carbocycles. The van der Waals surface area contributed by atoms with Crippen LogP contribution in [0.2, 0.25) is 0 Å². The molecular weight excluding hydrogens is 314 g/mol. The second-order valence-electron chi connectivity index (χ2n) is 5.61. The molecule has 1 rings (SSSR count). The first-order chi connectivity index (χ1) is 9.40. The fourth-order valence-electron chi connectivity index (χ4n) is 2.63. The lowest BCUT2D eigenvalue weighted by Crippen LogP contribution is -2.40. The molecule has 0 spiro atoms. The van der Waals surface area contributed by atoms with Crippen molar-refractivity contribution in [1.29, 1.82) is 0 Å². The minimum atomic E-state index is 0.346. The second kappa shape index (κ2) is 8.01. The minimum absolute atomic E-state index is 0.346. The van der Waals surface area contributed by atoms with Crippen LogP contribution in [0.4, 0.5) is 5.69 Å². The highest BCUT2D eigenvalue weighted by molar-refractivity contribution is 9.10. The molecule has 2 atom stereocenters. The molecule has 0 bridgehead atoms. The van der Waals surface area contributed by atoms with Gasteiger partial charge in [0, 0.05) is 35.3 Å². The summed E-state index contributed by atoms with van der Waals surface area (Å²) in [6.45, 7) is 8.78. The molecule has 1 N–H and O–H groups in total. The molecule has 0 aliphatic carbocycles. The van der Waals surface area contributed by atoms with E-state index in [2.05, 4.69) is 84.1 Å². The number of nitrogens with one attached hydrogen (secondary N) is 1. The SMILES string of the molecule is CCN(c1cc(Br)ccc1C(C)NC)C(C)CN(C)C. The Hall–Kier alpha value is -0.580. The maximum Gasteiger partial charge on any atom is 0.0428 e. The van der Waals surface area contributed by atoms with Crippen LogP contribution in [0.3, 0.4) is 0 Å². The van der Waals surface area contributed by atoms with E-state index >= 15 is 0 Å². The van der Waals surface area contributed by atoms with Crippen LogP contribution < -0.4 is 10.2 Å². The molecule has 114 valence electrons. The lowest BCUT2D eigenvalue weighted by atomic mass is 10.0. The van der Waals surface area contributed by atoms with Gasteiger partial charge in [-0.1, -0.05) is 22.0 Å². The molecule has 0 fully saturated rings. The molecule has 0 saturated carbocycles. The number of anilines is 1. The van der Waals surface area contributed by atoms with Gasteiger partial charge < -0.3 is 15.1 Å². The summed E-state index contributed by atoms with van der Waals surface area (Å²) in [5.74, 6) is 0. The molecule has 4 heteroatoms. The molecule has 0 aromatic heterocycles. The van der Waals surface area contributed by atoms with Crippen molar-refractivity contribution >= 4 is 21.6 Å². The normalized spacial score (nSPS) is 14.4. The topological polar surface area (TPSA) is 18.5 Å². The number of rotatable bonds is 7. The van der Waals surface area contributed by atoms with Crippen molar-refractivity contribution in [2.75, 3.05) is 39.1 Å². The number of benzene rings is 1. The van der Waals surface area contributed by atoms with E-state index in [0.29, 0.717) is 12.1 Å². The van der Waals surface area contributed by atoms with Gasteiger partial charge in [-0.2, -0.15) is 0 Å². The first-order valence-corrected chi connectivity index (χ1v) is 8.08. The van der Waals surface area contributed by atoms with Crippen LogP contribution >= 0.6 is 15.9 Å². The summed E-state index contributed by atoms with van der Waals surface area (Å²) in [4.78, 5) is 4.72. The number of likely N-dealkylation sites (N-methyl/N-ethyl adjacent to an activating group) is 2. The maximum atomic E-state index is 3.61. The van der Waals surface area contributed by atoms with Gasteiger partial charge in [0.2, 0.25) is 0 Å². The molecule has 3 nitrogen and oxygen atoms in total. The van der Waals surface area contributed by atoms with E-state index in [-0.39, 0.29) is 0 Å². The van der Waals surface area contributed by atoms with Crippen LogP contribution in [0.1, 0.15) is 32.4 Å². The fraction of sp³-hybridized carbons (Fsp3) is 0.625. The number of halogens is 1. The monoisotopic (exact) mass is 341 g/mol. The fourth-order valence-corrected chi connectivity index (χ4v) is 2.98. The minimum Gasteiger partial charge on any atom is -0.368 e. The molecule has 0 saturated heterocycles. The molecule has 0 heterocycles. The lowest BCUT2D eigenvalue weighted by Gasteiger charge is -2.34. The summed E-state index contributed by atoms with van der Waals surface area (Å²) < 4.78 is 1.13. The molecule has 2 unspecified atom stereocenters. The Morgan fingerprint density at radius 2 is 1.90 bits per heavy atom. The van der Waals surface area contributed by atoms with Gasteiger partial charge in [0.1, 0.15) is 0 Å². The van der Waals surface area contributed by atoms with Crippen molar-refractivity contribution in [3.8, 4) is 0 Å². The molecule has 0 radical (unpaired) electrons. The van der Waals surface area contributed by atoms with Gasteiger partial charge in [0.25, 0.3) is 0 Å². The molecular formula is C16H28BrN3. The van der Waals surface area contributed by atoms with Gasteiger partial charge in [-0.15, -0.1) is 0 Å². The van der Waals surface area contributed by atoms with Crippen molar-refractivity contribution < 1.29 is 0 Å². The van der Waals surface area contributed by atoms with Gasteiger partial charge in [-0.05, 0) is 59.6 Å². The predicted molar refractivity (Wildman–Crippen MR) is 92.7 cm³/mol. The highest BCUT2D eigenvalue weighted by atomic mass is 79.9. The number of nitrogens with zero attached hydrogens (tertiary/aromatic N) is 2. The summed E-state index contributed by atoms with van der Waals surface area (Å²) >= 11 is 3.61. The van der Waals surface area contributed by atoms with E-state index in [4.69, 9.17) is 0 Å². The average molecular weight is 342 g/mol. The van der Waals surface area contributed by atoms with Crippen LogP contribution in [0.25, 0.3) is 0 Å². The third-order valence-corrected chi connectivity index (χ3v) is 4.20. The van der Waals surface area contributed by atoms with Crippen molar-refractivity contribution in [2.45, 2.75) is 32.9 Å². The van der Waals surface area contributed by atoms with E-state index in [0.717, 1.165) is 17.6 Å². The maximum absolute atomic E-state index is 3.61. The Labute approximate surface area is 132 Å². The molecule has 0 amide bonds. The van der Waals surface area contributed by atoms with Crippen molar-refractivity contribution in [3.05, 3.63) is 28.2 Å². The van der Waals surface area contributed by atoms with Gasteiger partial charge in [-0.3, -0.25) is 0 Å². The zero-order valence-electron chi connectivity index (χ0n) is 13.6. The zero-order chi connectivity index (χ0) is 15.3. The van der Waals surface area contributed by atoms with Crippen molar-refractivity contribution in [2.24, 2.45) is 0 Å². The van der Waals surface area contributed by atoms with E-state index in [1.54, 1.807) is 0 Å². The summed E-state index contributed by atoms with van der Waals surface area (Å²) in [6, 6.07) is 7.40.